The van der Waals surface area contributed by atoms with E-state index < -0.39 is 0 Å². The predicted molar refractivity (Wildman–Crippen MR) is 65.7 cm³/mol. The van der Waals surface area contributed by atoms with Crippen molar-refractivity contribution in [3.05, 3.63) is 48.2 Å². The monoisotopic (exact) mass is 209 g/mol. The lowest BCUT2D eigenvalue weighted by Crippen LogP contribution is -1.83. The van der Waals surface area contributed by atoms with Crippen LogP contribution < -0.4 is 0 Å². The molecule has 0 aliphatic heterocycles. The van der Waals surface area contributed by atoms with E-state index in [0.29, 0.717) is 5.75 Å². The summed E-state index contributed by atoms with van der Waals surface area (Å²) in [4.78, 5) is 4.34. The van der Waals surface area contributed by atoms with Gasteiger partial charge < -0.3 is 5.11 Å². The van der Waals surface area contributed by atoms with Crippen LogP contribution in [0.15, 0.2) is 42.6 Å². The highest BCUT2D eigenvalue weighted by molar-refractivity contribution is 6.07. The number of aromatic nitrogens is 1. The minimum absolute atomic E-state index is 0.299. The number of aromatic hydroxyl groups is 1. The number of para-hydroxylation sites is 1. The maximum Gasteiger partial charge on any atom is 0.125 e. The van der Waals surface area contributed by atoms with Crippen LogP contribution in [0.5, 0.6) is 5.75 Å². The van der Waals surface area contributed by atoms with Gasteiger partial charge in [-0.25, -0.2) is 0 Å². The first-order valence-electron chi connectivity index (χ1n) is 5.23. The Morgan fingerprint density at radius 1 is 1.00 bits per heavy atom. The Labute approximate surface area is 93.2 Å². The van der Waals surface area contributed by atoms with Gasteiger partial charge in [-0.2, -0.15) is 0 Å². The van der Waals surface area contributed by atoms with Crippen molar-refractivity contribution in [2.45, 2.75) is 6.92 Å². The van der Waals surface area contributed by atoms with Gasteiger partial charge in [0.2, 0.25) is 0 Å². The van der Waals surface area contributed by atoms with E-state index in [2.05, 4.69) is 11.1 Å². The van der Waals surface area contributed by atoms with Crippen LogP contribution in [0.4, 0.5) is 0 Å². The van der Waals surface area contributed by atoms with Gasteiger partial charge in [0.05, 0.1) is 5.52 Å². The summed E-state index contributed by atoms with van der Waals surface area (Å²) < 4.78 is 0. The highest BCUT2D eigenvalue weighted by Gasteiger charge is 2.05. The topological polar surface area (TPSA) is 33.1 Å². The summed E-state index contributed by atoms with van der Waals surface area (Å²) in [6.45, 7) is 1.98. The second-order valence-corrected chi connectivity index (χ2v) is 4.02. The first kappa shape index (κ1) is 9.16. The fraction of sp³-hybridized carbons (Fsp3) is 0.0714. The minimum atomic E-state index is 0.299. The lowest BCUT2D eigenvalue weighted by Gasteiger charge is -2.06. The molecule has 0 aliphatic carbocycles. The summed E-state index contributed by atoms with van der Waals surface area (Å²) in [6.07, 6.45) is 1.73. The molecule has 3 rings (SSSR count). The molecule has 78 valence electrons. The third-order valence-corrected chi connectivity index (χ3v) is 2.83. The maximum atomic E-state index is 9.87. The highest BCUT2D eigenvalue weighted by atomic mass is 16.3. The number of aryl methyl sites for hydroxylation is 1. The molecular formula is C14H11NO. The van der Waals surface area contributed by atoms with Crippen LogP contribution in [0.3, 0.4) is 0 Å². The van der Waals surface area contributed by atoms with Gasteiger partial charge in [0.1, 0.15) is 5.75 Å². The molecule has 1 heterocycles. The lowest BCUT2D eigenvalue weighted by atomic mass is 10.0. The smallest absolute Gasteiger partial charge is 0.125 e. The normalized spacial score (nSPS) is 11.1. The molecule has 0 atom stereocenters. The summed E-state index contributed by atoms with van der Waals surface area (Å²) >= 11 is 0. The molecule has 1 aromatic heterocycles. The quantitative estimate of drug-likeness (QED) is 0.575. The number of rotatable bonds is 0. The second-order valence-electron chi connectivity index (χ2n) is 4.02. The van der Waals surface area contributed by atoms with Crippen molar-refractivity contribution in [2.75, 3.05) is 0 Å². The van der Waals surface area contributed by atoms with E-state index in [1.807, 2.05) is 31.2 Å². The number of benzene rings is 2. The second kappa shape index (κ2) is 3.20. The maximum absolute atomic E-state index is 9.87. The van der Waals surface area contributed by atoms with Gasteiger partial charge in [0, 0.05) is 17.0 Å². The van der Waals surface area contributed by atoms with Crippen LogP contribution in [0.2, 0.25) is 0 Å². The van der Waals surface area contributed by atoms with Crippen molar-refractivity contribution in [2.24, 2.45) is 0 Å². The molecule has 0 radical (unpaired) electrons. The first-order valence-corrected chi connectivity index (χ1v) is 5.23. The fourth-order valence-electron chi connectivity index (χ4n) is 2.09. The molecule has 0 amide bonds. The van der Waals surface area contributed by atoms with Crippen LogP contribution in [-0.2, 0) is 0 Å². The van der Waals surface area contributed by atoms with Crippen LogP contribution in [0.1, 0.15) is 5.56 Å². The van der Waals surface area contributed by atoms with Gasteiger partial charge >= 0.3 is 0 Å². The zero-order valence-corrected chi connectivity index (χ0v) is 8.94. The zero-order chi connectivity index (χ0) is 11.1. The third kappa shape index (κ3) is 1.23. The molecule has 1 N–H and O–H groups in total. The van der Waals surface area contributed by atoms with Gasteiger partial charge in [0.15, 0.2) is 0 Å². The van der Waals surface area contributed by atoms with E-state index in [1.54, 1.807) is 12.3 Å². The number of fused-ring (bicyclic) bond motifs is 3. The summed E-state index contributed by atoms with van der Waals surface area (Å²) in [6, 6.07) is 11.8. The minimum Gasteiger partial charge on any atom is -0.507 e. The average molecular weight is 209 g/mol. The van der Waals surface area contributed by atoms with E-state index in [0.717, 1.165) is 27.2 Å². The summed E-state index contributed by atoms with van der Waals surface area (Å²) in [5, 5.41) is 12.8. The number of hydrogen-bond donors (Lipinski definition) is 1. The van der Waals surface area contributed by atoms with Crippen LogP contribution >= 0.6 is 0 Å². The van der Waals surface area contributed by atoms with Crippen molar-refractivity contribution in [1.29, 1.82) is 0 Å². The molecule has 0 aliphatic rings. The zero-order valence-electron chi connectivity index (χ0n) is 8.94. The van der Waals surface area contributed by atoms with Gasteiger partial charge in [-0.05, 0) is 30.0 Å². The molecule has 0 fully saturated rings. The molecule has 16 heavy (non-hydrogen) atoms. The summed E-state index contributed by atoms with van der Waals surface area (Å²) in [5.74, 6) is 0.299. The number of phenolic OH excluding ortho intramolecular Hbond substituents is 1. The molecule has 2 nitrogen and oxygen atoms in total. The first-order chi connectivity index (χ1) is 7.75. The Kier molecular flexibility index (Phi) is 1.83. The third-order valence-electron chi connectivity index (χ3n) is 2.83. The molecule has 0 bridgehead atoms. The van der Waals surface area contributed by atoms with Crippen molar-refractivity contribution < 1.29 is 5.11 Å². The molecule has 0 spiro atoms. The summed E-state index contributed by atoms with van der Waals surface area (Å²) in [5.41, 5.74) is 2.02. The number of nitrogens with zero attached hydrogens (tertiary/aromatic N) is 1. The molecule has 2 aromatic carbocycles. The van der Waals surface area contributed by atoms with Crippen LogP contribution in [-0.4, -0.2) is 10.1 Å². The standard InChI is InChI=1S/C14H11NO/c1-9-6-11-10-4-2-3-5-13(10)15-8-12(11)14(16)7-9/h2-8,16H,1H3. The van der Waals surface area contributed by atoms with Gasteiger partial charge in [-0.3, -0.25) is 4.98 Å². The molecule has 0 saturated carbocycles. The van der Waals surface area contributed by atoms with E-state index in [1.165, 1.54) is 0 Å². The lowest BCUT2D eigenvalue weighted by molar-refractivity contribution is 0.481. The molecule has 3 aromatic rings. The Morgan fingerprint density at radius 2 is 1.81 bits per heavy atom. The number of phenols is 1. The van der Waals surface area contributed by atoms with E-state index in [9.17, 15) is 5.11 Å². The van der Waals surface area contributed by atoms with E-state index in [4.69, 9.17) is 0 Å². The van der Waals surface area contributed by atoms with Crippen molar-refractivity contribution in [3.63, 3.8) is 0 Å². The Morgan fingerprint density at radius 3 is 2.69 bits per heavy atom. The highest BCUT2D eigenvalue weighted by Crippen LogP contribution is 2.30. The molecular weight excluding hydrogens is 198 g/mol. The van der Waals surface area contributed by atoms with Crippen LogP contribution in [0, 0.1) is 6.92 Å². The Hall–Kier alpha value is -2.09. The van der Waals surface area contributed by atoms with Crippen LogP contribution in [0.25, 0.3) is 21.7 Å². The van der Waals surface area contributed by atoms with Crippen molar-refractivity contribution >= 4 is 21.7 Å². The largest absolute Gasteiger partial charge is 0.507 e. The Balaban J connectivity index is 2.59. The van der Waals surface area contributed by atoms with Crippen molar-refractivity contribution in [3.8, 4) is 5.75 Å². The predicted octanol–water partition coefficient (Wildman–Crippen LogP) is 3.40. The van der Waals surface area contributed by atoms with E-state index >= 15 is 0 Å². The molecule has 0 saturated heterocycles. The fourth-order valence-corrected chi connectivity index (χ4v) is 2.09. The van der Waals surface area contributed by atoms with Crippen molar-refractivity contribution in [1.82, 2.24) is 4.98 Å². The number of hydrogen-bond acceptors (Lipinski definition) is 2. The Bertz CT molecular complexity index is 689. The molecule has 2 heteroatoms. The SMILES string of the molecule is Cc1cc(O)c2cnc3ccccc3c2c1. The average Bonchev–Trinajstić information content (AvgIpc) is 2.28. The number of pyridine rings is 1. The van der Waals surface area contributed by atoms with E-state index in [-0.39, 0.29) is 0 Å². The molecule has 0 unspecified atom stereocenters. The van der Waals surface area contributed by atoms with Gasteiger partial charge in [-0.15, -0.1) is 0 Å². The summed E-state index contributed by atoms with van der Waals surface area (Å²) in [7, 11) is 0. The van der Waals surface area contributed by atoms with Gasteiger partial charge in [0.25, 0.3) is 0 Å². The van der Waals surface area contributed by atoms with Gasteiger partial charge in [-0.1, -0.05) is 24.3 Å².